The first kappa shape index (κ1) is 18.1. The molecule has 2 aliphatic heterocycles. The van der Waals surface area contributed by atoms with Gasteiger partial charge in [0.05, 0.1) is 12.5 Å². The van der Waals surface area contributed by atoms with E-state index in [1.54, 1.807) is 0 Å². The second-order valence-electron chi connectivity index (χ2n) is 9.07. The van der Waals surface area contributed by atoms with Gasteiger partial charge in [-0.05, 0) is 43.7 Å². The molecule has 2 heterocycles. The Morgan fingerprint density at radius 2 is 1.56 bits per heavy atom. The summed E-state index contributed by atoms with van der Waals surface area (Å²) in [5.41, 5.74) is 7.14. The lowest BCUT2D eigenvalue weighted by atomic mass is 9.80. The molecule has 2 aliphatic rings. The van der Waals surface area contributed by atoms with Gasteiger partial charge in [-0.3, -0.25) is 4.90 Å². The van der Waals surface area contributed by atoms with Crippen LogP contribution < -0.4 is 9.80 Å². The predicted molar refractivity (Wildman–Crippen MR) is 115 cm³/mol. The number of likely N-dealkylation sites (N-methyl/N-ethyl adjacent to an activating group) is 2. The minimum absolute atomic E-state index is 0.0304. The van der Waals surface area contributed by atoms with E-state index in [1.165, 1.54) is 33.1 Å². The van der Waals surface area contributed by atoms with E-state index in [0.717, 1.165) is 0 Å². The van der Waals surface area contributed by atoms with Crippen molar-refractivity contribution in [3.05, 3.63) is 83.6 Å². The maximum Gasteiger partial charge on any atom is 0.135 e. The average Bonchev–Trinajstić information content (AvgIpc) is 2.96. The van der Waals surface area contributed by atoms with Crippen molar-refractivity contribution in [3.63, 3.8) is 0 Å². The minimum Gasteiger partial charge on any atom is -0.347 e. The summed E-state index contributed by atoms with van der Waals surface area (Å²) in [4.78, 5) is 3.82. The van der Waals surface area contributed by atoms with Crippen molar-refractivity contribution >= 4 is 11.4 Å². The number of hydrogen-bond acceptors (Lipinski definition) is 1. The highest BCUT2D eigenvalue weighted by atomic mass is 15.2. The molecule has 0 aliphatic carbocycles. The molecule has 0 radical (unpaired) electrons. The van der Waals surface area contributed by atoms with E-state index in [0.29, 0.717) is 6.04 Å². The van der Waals surface area contributed by atoms with Gasteiger partial charge in [0.2, 0.25) is 0 Å². The van der Waals surface area contributed by atoms with Gasteiger partial charge in [-0.25, -0.2) is 0 Å². The maximum atomic E-state index is 2.40. The Balaban J connectivity index is 1.65. The zero-order chi connectivity index (χ0) is 19.4. The number of para-hydroxylation sites is 2. The Labute approximate surface area is 163 Å². The van der Waals surface area contributed by atoms with E-state index in [9.17, 15) is 0 Å². The van der Waals surface area contributed by atoms with E-state index in [1.807, 2.05) is 0 Å². The van der Waals surface area contributed by atoms with Crippen molar-refractivity contribution in [2.75, 3.05) is 19.0 Å². The van der Waals surface area contributed by atoms with Crippen LogP contribution in [-0.4, -0.2) is 20.1 Å². The fourth-order valence-corrected chi connectivity index (χ4v) is 5.21. The van der Waals surface area contributed by atoms with Gasteiger partial charge in [0.15, 0.2) is 0 Å². The summed E-state index contributed by atoms with van der Waals surface area (Å²) in [5.74, 6) is 0. The second-order valence-corrected chi connectivity index (χ2v) is 9.07. The molecule has 0 saturated carbocycles. The first-order valence-electron chi connectivity index (χ1n) is 9.92. The van der Waals surface area contributed by atoms with Crippen molar-refractivity contribution < 1.29 is 4.90 Å². The molecule has 2 nitrogen and oxygen atoms in total. The molecule has 0 aromatic heterocycles. The van der Waals surface area contributed by atoms with Gasteiger partial charge in [-0.15, -0.1) is 0 Å². The maximum absolute atomic E-state index is 2.40. The van der Waals surface area contributed by atoms with Gasteiger partial charge in [-0.1, -0.05) is 56.3 Å². The van der Waals surface area contributed by atoms with Gasteiger partial charge >= 0.3 is 0 Å². The van der Waals surface area contributed by atoms with E-state index < -0.39 is 0 Å². The highest BCUT2D eigenvalue weighted by Gasteiger charge is 2.46. The minimum atomic E-state index is 0.0304. The third-order valence-electron chi connectivity index (χ3n) is 6.79. The molecule has 0 saturated heterocycles. The van der Waals surface area contributed by atoms with E-state index in [4.69, 9.17) is 0 Å². The van der Waals surface area contributed by atoms with Gasteiger partial charge in [-0.2, -0.15) is 0 Å². The number of benzene rings is 2. The number of hydrogen-bond donors (Lipinski definition) is 1. The summed E-state index contributed by atoms with van der Waals surface area (Å²) < 4.78 is 0. The van der Waals surface area contributed by atoms with Crippen LogP contribution in [0.3, 0.4) is 0 Å². The summed E-state index contributed by atoms with van der Waals surface area (Å²) >= 11 is 0. The van der Waals surface area contributed by atoms with Crippen LogP contribution in [0.4, 0.5) is 11.4 Å². The quantitative estimate of drug-likeness (QED) is 0.837. The smallest absolute Gasteiger partial charge is 0.135 e. The largest absolute Gasteiger partial charge is 0.347 e. The van der Waals surface area contributed by atoms with Crippen LogP contribution in [0, 0.1) is 0 Å². The Morgan fingerprint density at radius 3 is 2.22 bits per heavy atom. The summed E-state index contributed by atoms with van der Waals surface area (Å²) in [5, 5.41) is 0. The standard InChI is InChI=1S/C25H30N2/c1-24(2)18-12-7-9-14-20(18)26(5)22(24)16-11-17-23-25(3,4)19-13-8-10-15-21(19)27(23)6/h7-17,22H,1-6H3/p+1/b16-11+,23-17-. The molecular formula is C25H31N2+. The number of fused-ring (bicyclic) bond motifs is 2. The third-order valence-corrected chi connectivity index (χ3v) is 6.79. The SMILES string of the molecule is CN1/C(=C\C=C\C2[NH+](C)c3ccccc3C2(C)C)C(C)(C)c2ccccc21. The average molecular weight is 360 g/mol. The fraction of sp³-hybridized carbons (Fsp3) is 0.360. The Morgan fingerprint density at radius 1 is 0.926 bits per heavy atom. The van der Waals surface area contributed by atoms with Gasteiger partial charge in [0.1, 0.15) is 11.7 Å². The van der Waals surface area contributed by atoms with Crippen molar-refractivity contribution in [2.24, 2.45) is 0 Å². The topological polar surface area (TPSA) is 7.68 Å². The fourth-order valence-electron chi connectivity index (χ4n) is 5.21. The molecule has 140 valence electrons. The van der Waals surface area contributed by atoms with Crippen LogP contribution in [0.15, 0.2) is 72.5 Å². The van der Waals surface area contributed by atoms with Crippen molar-refractivity contribution in [1.82, 2.24) is 0 Å². The van der Waals surface area contributed by atoms with Crippen LogP contribution in [-0.2, 0) is 10.8 Å². The number of nitrogens with one attached hydrogen (secondary N) is 1. The predicted octanol–water partition coefficient (Wildman–Crippen LogP) is 4.36. The zero-order valence-corrected chi connectivity index (χ0v) is 17.4. The van der Waals surface area contributed by atoms with E-state index in [-0.39, 0.29) is 10.8 Å². The van der Waals surface area contributed by atoms with Gasteiger partial charge in [0, 0.05) is 29.4 Å². The highest BCUT2D eigenvalue weighted by molar-refractivity contribution is 5.70. The molecule has 0 amide bonds. The summed E-state index contributed by atoms with van der Waals surface area (Å²) in [6.45, 7) is 9.38. The monoisotopic (exact) mass is 359 g/mol. The molecule has 2 atom stereocenters. The number of allylic oxidation sites excluding steroid dienone is 3. The van der Waals surface area contributed by atoms with Crippen LogP contribution in [0.25, 0.3) is 0 Å². The molecule has 2 heteroatoms. The second kappa shape index (κ2) is 6.10. The molecule has 0 fully saturated rings. The molecule has 0 spiro atoms. The Hall–Kier alpha value is -2.32. The lowest BCUT2D eigenvalue weighted by Crippen LogP contribution is -3.07. The number of quaternary nitrogens is 1. The summed E-state index contributed by atoms with van der Waals surface area (Å²) in [6.07, 6.45) is 6.99. The van der Waals surface area contributed by atoms with Gasteiger partial charge < -0.3 is 4.90 Å². The Kier molecular flexibility index (Phi) is 4.08. The van der Waals surface area contributed by atoms with Crippen molar-refractivity contribution in [3.8, 4) is 0 Å². The lowest BCUT2D eigenvalue weighted by molar-refractivity contribution is -0.828. The highest BCUT2D eigenvalue weighted by Crippen LogP contribution is 2.46. The van der Waals surface area contributed by atoms with Crippen LogP contribution >= 0.6 is 0 Å². The molecule has 2 aromatic carbocycles. The van der Waals surface area contributed by atoms with Crippen molar-refractivity contribution in [1.29, 1.82) is 0 Å². The third kappa shape index (κ3) is 2.58. The van der Waals surface area contributed by atoms with Gasteiger partial charge in [0.25, 0.3) is 0 Å². The molecular weight excluding hydrogens is 328 g/mol. The molecule has 2 unspecified atom stereocenters. The molecule has 1 N–H and O–H groups in total. The van der Waals surface area contributed by atoms with Crippen LogP contribution in [0.5, 0.6) is 0 Å². The molecule has 2 aromatic rings. The van der Waals surface area contributed by atoms with E-state index >= 15 is 0 Å². The van der Waals surface area contributed by atoms with Crippen LogP contribution in [0.2, 0.25) is 0 Å². The first-order valence-corrected chi connectivity index (χ1v) is 9.92. The normalized spacial score (nSPS) is 26.6. The number of anilines is 1. The van der Waals surface area contributed by atoms with Crippen molar-refractivity contribution in [2.45, 2.75) is 44.6 Å². The summed E-state index contributed by atoms with van der Waals surface area (Å²) in [7, 11) is 4.47. The number of nitrogens with zero attached hydrogens (tertiary/aromatic N) is 1. The first-order chi connectivity index (χ1) is 12.8. The van der Waals surface area contributed by atoms with E-state index in [2.05, 4.69) is 113 Å². The summed E-state index contributed by atoms with van der Waals surface area (Å²) in [6, 6.07) is 18.0. The molecule has 27 heavy (non-hydrogen) atoms. The number of rotatable bonds is 2. The zero-order valence-electron chi connectivity index (χ0n) is 17.4. The molecule has 0 bridgehead atoms. The molecule has 4 rings (SSSR count). The van der Waals surface area contributed by atoms with Crippen LogP contribution in [0.1, 0.15) is 38.8 Å². The Bertz CT molecular complexity index is 933. The lowest BCUT2D eigenvalue weighted by Gasteiger charge is -2.26.